The number of nitrogens with one attached hydrogen (secondary N) is 1. The summed E-state index contributed by atoms with van der Waals surface area (Å²) in [6.45, 7) is -0.104. The predicted molar refractivity (Wildman–Crippen MR) is 70.8 cm³/mol. The zero-order valence-corrected chi connectivity index (χ0v) is 12.3. The summed E-state index contributed by atoms with van der Waals surface area (Å²) in [6.07, 6.45) is 0. The third kappa shape index (κ3) is 4.36. The molecule has 0 saturated carbocycles. The molecule has 1 aromatic carbocycles. The third-order valence-corrected chi connectivity index (χ3v) is 4.41. The number of sulfonamides is 1. The fourth-order valence-electron chi connectivity index (χ4n) is 1.10. The first-order valence-electron chi connectivity index (χ1n) is 5.09. The summed E-state index contributed by atoms with van der Waals surface area (Å²) in [5.41, 5.74) is 0.0744. The number of benzene rings is 1. The quantitative estimate of drug-likeness (QED) is 0.892. The minimum absolute atomic E-state index is 0.0744. The summed E-state index contributed by atoms with van der Waals surface area (Å²) < 4.78 is 53.9. The molecular formula is C10H11Cl2F2NO3S. The maximum atomic E-state index is 12.1. The predicted octanol–water partition coefficient (Wildman–Crippen LogP) is 3.74. The summed E-state index contributed by atoms with van der Waals surface area (Å²) in [5.74, 6) is -0.397. The molecule has 0 bridgehead atoms. The highest BCUT2D eigenvalue weighted by atomic mass is 35.5. The largest absolute Gasteiger partial charge is 0.432 e. The van der Waals surface area contributed by atoms with Crippen molar-refractivity contribution in [2.45, 2.75) is 25.7 Å². The van der Waals surface area contributed by atoms with Crippen molar-refractivity contribution in [3.8, 4) is 5.75 Å². The van der Waals surface area contributed by atoms with E-state index in [2.05, 4.69) is 9.46 Å². The van der Waals surface area contributed by atoms with Gasteiger partial charge in [0.1, 0.15) is 0 Å². The van der Waals surface area contributed by atoms with Crippen LogP contribution in [-0.2, 0) is 10.0 Å². The maximum Gasteiger partial charge on any atom is 0.387 e. The minimum Gasteiger partial charge on any atom is -0.432 e. The standard InChI is InChI=1S/C10H11Cl2F2NO3S/c1-5(2)19(16,17)15-6-3-7(11)9(8(12)4-6)18-10(13)14/h3-5,10,15H,1-2H3. The number of alkyl halides is 2. The zero-order valence-electron chi connectivity index (χ0n) is 9.95. The smallest absolute Gasteiger partial charge is 0.387 e. The Bertz CT molecular complexity index is 541. The molecule has 9 heteroatoms. The Morgan fingerprint density at radius 1 is 1.21 bits per heavy atom. The maximum absolute atomic E-state index is 12.1. The highest BCUT2D eigenvalue weighted by Gasteiger charge is 2.19. The normalized spacial score (nSPS) is 12.0. The van der Waals surface area contributed by atoms with Gasteiger partial charge in [-0.15, -0.1) is 0 Å². The lowest BCUT2D eigenvalue weighted by molar-refractivity contribution is -0.0497. The molecule has 4 nitrogen and oxygen atoms in total. The molecule has 0 aliphatic carbocycles. The van der Waals surface area contributed by atoms with Crippen molar-refractivity contribution in [1.29, 1.82) is 0 Å². The second-order valence-electron chi connectivity index (χ2n) is 3.84. The molecule has 0 radical (unpaired) electrons. The van der Waals surface area contributed by atoms with E-state index >= 15 is 0 Å². The molecule has 0 unspecified atom stereocenters. The van der Waals surface area contributed by atoms with Crippen LogP contribution < -0.4 is 9.46 Å². The monoisotopic (exact) mass is 333 g/mol. The number of hydrogen-bond acceptors (Lipinski definition) is 3. The van der Waals surface area contributed by atoms with Crippen molar-refractivity contribution in [2.24, 2.45) is 0 Å². The Balaban J connectivity index is 3.08. The molecule has 0 saturated heterocycles. The van der Waals surface area contributed by atoms with Gasteiger partial charge in [-0.2, -0.15) is 8.78 Å². The first-order valence-corrected chi connectivity index (χ1v) is 7.39. The molecule has 0 spiro atoms. The summed E-state index contributed by atoms with van der Waals surface area (Å²) in [6, 6.07) is 2.29. The average Bonchev–Trinajstić information content (AvgIpc) is 2.22. The summed E-state index contributed by atoms with van der Waals surface area (Å²) in [7, 11) is -3.58. The molecule has 0 aromatic heterocycles. The molecule has 0 aliphatic heterocycles. The van der Waals surface area contributed by atoms with Crippen molar-refractivity contribution in [3.63, 3.8) is 0 Å². The van der Waals surface area contributed by atoms with E-state index in [0.717, 1.165) is 12.1 Å². The van der Waals surface area contributed by atoms with Gasteiger partial charge in [0, 0.05) is 0 Å². The van der Waals surface area contributed by atoms with Gasteiger partial charge < -0.3 is 4.74 Å². The topological polar surface area (TPSA) is 55.4 Å². The van der Waals surface area contributed by atoms with Gasteiger partial charge in [0.05, 0.1) is 21.0 Å². The molecule has 0 amide bonds. The van der Waals surface area contributed by atoms with Crippen LogP contribution in [0, 0.1) is 0 Å². The van der Waals surface area contributed by atoms with Gasteiger partial charge in [-0.05, 0) is 26.0 Å². The number of ether oxygens (including phenoxy) is 1. The Kier molecular flexibility index (Phi) is 5.23. The van der Waals surface area contributed by atoms with Crippen LogP contribution in [0.4, 0.5) is 14.5 Å². The van der Waals surface area contributed by atoms with E-state index in [1.165, 1.54) is 13.8 Å². The SMILES string of the molecule is CC(C)S(=O)(=O)Nc1cc(Cl)c(OC(F)F)c(Cl)c1. The van der Waals surface area contributed by atoms with E-state index in [4.69, 9.17) is 23.2 Å². The highest BCUT2D eigenvalue weighted by Crippen LogP contribution is 2.37. The number of hydrogen-bond donors (Lipinski definition) is 1. The van der Waals surface area contributed by atoms with Crippen molar-refractivity contribution in [1.82, 2.24) is 0 Å². The molecule has 0 atom stereocenters. The first kappa shape index (κ1) is 16.3. The van der Waals surface area contributed by atoms with Gasteiger partial charge in [0.2, 0.25) is 10.0 Å². The molecule has 1 N–H and O–H groups in total. The van der Waals surface area contributed by atoms with E-state index < -0.39 is 27.6 Å². The second kappa shape index (κ2) is 6.11. The number of rotatable bonds is 5. The van der Waals surface area contributed by atoms with E-state index in [0.29, 0.717) is 0 Å². The van der Waals surface area contributed by atoms with Crippen LogP contribution in [0.15, 0.2) is 12.1 Å². The Morgan fingerprint density at radius 3 is 2.05 bits per heavy atom. The van der Waals surface area contributed by atoms with Crippen LogP contribution in [0.3, 0.4) is 0 Å². The molecular weight excluding hydrogens is 323 g/mol. The van der Waals surface area contributed by atoms with Gasteiger partial charge in [-0.3, -0.25) is 4.72 Å². The lowest BCUT2D eigenvalue weighted by Gasteiger charge is -2.14. The van der Waals surface area contributed by atoms with Crippen LogP contribution in [0.2, 0.25) is 10.0 Å². The van der Waals surface area contributed by atoms with E-state index in [-0.39, 0.29) is 15.7 Å². The van der Waals surface area contributed by atoms with Crippen LogP contribution in [0.25, 0.3) is 0 Å². The van der Waals surface area contributed by atoms with E-state index in [1.807, 2.05) is 0 Å². The van der Waals surface area contributed by atoms with Gasteiger partial charge in [-0.1, -0.05) is 23.2 Å². The third-order valence-electron chi connectivity index (χ3n) is 2.09. The van der Waals surface area contributed by atoms with Crippen molar-refractivity contribution < 1.29 is 21.9 Å². The van der Waals surface area contributed by atoms with E-state index in [1.54, 1.807) is 0 Å². The Labute approximate surface area is 119 Å². The Hall–Kier alpha value is -0.790. The van der Waals surface area contributed by atoms with Gasteiger partial charge in [-0.25, -0.2) is 8.42 Å². The molecule has 1 rings (SSSR count). The average molecular weight is 334 g/mol. The highest BCUT2D eigenvalue weighted by molar-refractivity contribution is 7.93. The molecule has 0 heterocycles. The van der Waals surface area contributed by atoms with Crippen molar-refractivity contribution in [2.75, 3.05) is 4.72 Å². The van der Waals surface area contributed by atoms with Crippen molar-refractivity contribution >= 4 is 38.9 Å². The van der Waals surface area contributed by atoms with Gasteiger partial charge >= 0.3 is 6.61 Å². The number of anilines is 1. The molecule has 108 valence electrons. The van der Waals surface area contributed by atoms with Crippen LogP contribution in [-0.4, -0.2) is 20.3 Å². The molecule has 19 heavy (non-hydrogen) atoms. The lowest BCUT2D eigenvalue weighted by atomic mass is 10.3. The number of halogens is 4. The summed E-state index contributed by atoms with van der Waals surface area (Å²) >= 11 is 11.4. The summed E-state index contributed by atoms with van der Waals surface area (Å²) in [4.78, 5) is 0. The second-order valence-corrected chi connectivity index (χ2v) is 6.89. The van der Waals surface area contributed by atoms with Crippen LogP contribution in [0.5, 0.6) is 5.75 Å². The molecule has 1 aromatic rings. The first-order chi connectivity index (χ1) is 8.63. The van der Waals surface area contributed by atoms with Crippen molar-refractivity contribution in [3.05, 3.63) is 22.2 Å². The van der Waals surface area contributed by atoms with Gasteiger partial charge in [0.25, 0.3) is 0 Å². The Morgan fingerprint density at radius 2 is 1.68 bits per heavy atom. The minimum atomic E-state index is -3.58. The fourth-order valence-corrected chi connectivity index (χ4v) is 2.36. The van der Waals surface area contributed by atoms with Gasteiger partial charge in [0.15, 0.2) is 5.75 Å². The van der Waals surface area contributed by atoms with Crippen LogP contribution in [0.1, 0.15) is 13.8 Å². The lowest BCUT2D eigenvalue weighted by Crippen LogP contribution is -2.22. The fraction of sp³-hybridized carbons (Fsp3) is 0.400. The van der Waals surface area contributed by atoms with Crippen LogP contribution >= 0.6 is 23.2 Å². The zero-order chi connectivity index (χ0) is 14.8. The molecule has 0 fully saturated rings. The van der Waals surface area contributed by atoms with E-state index in [9.17, 15) is 17.2 Å². The summed E-state index contributed by atoms with van der Waals surface area (Å²) in [5, 5.41) is -1.09. The molecule has 0 aliphatic rings.